The Balaban J connectivity index is 1.92. The SMILES string of the molecule is CCC(CC)(c1ccc(OCC(=O)C(C)(C)C)c(C)c1)c1cc(C)c(S(=O)(=O)NC(=O)C2CC2)s1. The van der Waals surface area contributed by atoms with Gasteiger partial charge in [-0.1, -0.05) is 46.8 Å². The fourth-order valence-corrected chi connectivity index (χ4v) is 7.29. The van der Waals surface area contributed by atoms with Crippen LogP contribution in [0.3, 0.4) is 0 Å². The highest BCUT2D eigenvalue weighted by Crippen LogP contribution is 2.45. The zero-order valence-corrected chi connectivity index (χ0v) is 23.4. The summed E-state index contributed by atoms with van der Waals surface area (Å²) in [6.07, 6.45) is 3.04. The first-order chi connectivity index (χ1) is 16.2. The van der Waals surface area contributed by atoms with Gasteiger partial charge in [0.1, 0.15) is 16.6 Å². The van der Waals surface area contributed by atoms with Crippen LogP contribution in [0.25, 0.3) is 0 Å². The molecule has 1 heterocycles. The van der Waals surface area contributed by atoms with Crippen molar-refractivity contribution in [2.75, 3.05) is 6.61 Å². The predicted molar refractivity (Wildman–Crippen MR) is 140 cm³/mol. The van der Waals surface area contributed by atoms with Crippen molar-refractivity contribution >= 4 is 33.1 Å². The number of rotatable bonds is 10. The summed E-state index contributed by atoms with van der Waals surface area (Å²) < 4.78 is 34.3. The van der Waals surface area contributed by atoms with Crippen molar-refractivity contribution in [1.82, 2.24) is 4.72 Å². The standard InChI is InChI=1S/C27H37NO5S2/c1-8-27(9-2,20-12-13-21(17(3)14-20)33-16-22(29)26(5,6)7)23-15-18(4)25(34-23)35(31,32)28-24(30)19-10-11-19/h12-15,19H,8-11,16H2,1-7H3,(H,28,30). The van der Waals surface area contributed by atoms with Gasteiger partial charge in [-0.15, -0.1) is 11.3 Å². The van der Waals surface area contributed by atoms with E-state index in [-0.39, 0.29) is 27.9 Å². The molecule has 8 heteroatoms. The molecule has 1 aromatic heterocycles. The molecule has 192 valence electrons. The molecular weight excluding hydrogens is 482 g/mol. The molecule has 2 aromatic rings. The number of sulfonamides is 1. The Kier molecular flexibility index (Phi) is 7.87. The Bertz CT molecular complexity index is 1210. The maximum Gasteiger partial charge on any atom is 0.273 e. The number of amides is 1. The second-order valence-electron chi connectivity index (χ2n) is 10.6. The van der Waals surface area contributed by atoms with Gasteiger partial charge in [0.2, 0.25) is 5.91 Å². The Morgan fingerprint density at radius 2 is 1.69 bits per heavy atom. The van der Waals surface area contributed by atoms with Gasteiger partial charge in [-0.25, -0.2) is 13.1 Å². The first kappa shape index (κ1) is 27.4. The molecule has 0 radical (unpaired) electrons. The molecule has 35 heavy (non-hydrogen) atoms. The number of ether oxygens (including phenoxy) is 1. The number of ketones is 1. The van der Waals surface area contributed by atoms with Crippen LogP contribution in [-0.2, 0) is 25.0 Å². The average molecular weight is 520 g/mol. The second-order valence-corrected chi connectivity index (χ2v) is 13.5. The van der Waals surface area contributed by atoms with Crippen molar-refractivity contribution in [1.29, 1.82) is 0 Å². The summed E-state index contributed by atoms with van der Waals surface area (Å²) in [4.78, 5) is 25.4. The number of aryl methyl sites for hydroxylation is 2. The summed E-state index contributed by atoms with van der Waals surface area (Å²) in [6.45, 7) is 13.6. The first-order valence-electron chi connectivity index (χ1n) is 12.2. The number of carbonyl (C=O) groups excluding carboxylic acids is 2. The Morgan fingerprint density at radius 1 is 1.06 bits per heavy atom. The van der Waals surface area contributed by atoms with Crippen molar-refractivity contribution in [3.8, 4) is 5.75 Å². The van der Waals surface area contributed by atoms with E-state index in [4.69, 9.17) is 4.74 Å². The lowest BCUT2D eigenvalue weighted by Gasteiger charge is -2.32. The monoisotopic (exact) mass is 519 g/mol. The average Bonchev–Trinajstić information content (AvgIpc) is 3.55. The Hall–Kier alpha value is -2.19. The molecule has 1 aliphatic carbocycles. The van der Waals surface area contributed by atoms with Crippen LogP contribution < -0.4 is 9.46 Å². The largest absolute Gasteiger partial charge is 0.486 e. The van der Waals surface area contributed by atoms with Crippen LogP contribution in [-0.4, -0.2) is 26.7 Å². The summed E-state index contributed by atoms with van der Waals surface area (Å²) in [7, 11) is -3.91. The quantitative estimate of drug-likeness (QED) is 0.436. The van der Waals surface area contributed by atoms with Crippen LogP contribution in [0.4, 0.5) is 0 Å². The van der Waals surface area contributed by atoms with Crippen molar-refractivity contribution in [2.45, 2.75) is 83.8 Å². The van der Waals surface area contributed by atoms with E-state index in [1.165, 1.54) is 11.3 Å². The molecule has 1 amide bonds. The summed E-state index contributed by atoms with van der Waals surface area (Å²) in [6, 6.07) is 7.92. The maximum atomic E-state index is 13.0. The lowest BCUT2D eigenvalue weighted by Crippen LogP contribution is -2.31. The van der Waals surface area contributed by atoms with Gasteiger partial charge >= 0.3 is 0 Å². The van der Waals surface area contributed by atoms with E-state index in [1.807, 2.05) is 45.9 Å². The smallest absolute Gasteiger partial charge is 0.273 e. The zero-order chi connectivity index (χ0) is 26.2. The van der Waals surface area contributed by atoms with Crippen LogP contribution >= 0.6 is 11.3 Å². The Morgan fingerprint density at radius 3 is 2.20 bits per heavy atom. The van der Waals surface area contributed by atoms with Gasteiger partial charge in [-0.2, -0.15) is 0 Å². The van der Waals surface area contributed by atoms with Crippen molar-refractivity contribution in [3.05, 3.63) is 45.8 Å². The summed E-state index contributed by atoms with van der Waals surface area (Å²) in [5, 5.41) is 0. The molecule has 0 unspecified atom stereocenters. The third-order valence-electron chi connectivity index (χ3n) is 6.90. The van der Waals surface area contributed by atoms with Gasteiger partial charge in [-0.3, -0.25) is 9.59 Å². The normalized spacial score (nSPS) is 14.6. The van der Waals surface area contributed by atoms with Crippen LogP contribution in [0.15, 0.2) is 28.5 Å². The topological polar surface area (TPSA) is 89.5 Å². The fraction of sp³-hybridized carbons (Fsp3) is 0.556. The van der Waals surface area contributed by atoms with Gasteiger partial charge < -0.3 is 4.74 Å². The molecule has 0 aliphatic heterocycles. The highest BCUT2D eigenvalue weighted by Gasteiger charge is 2.37. The summed E-state index contributed by atoms with van der Waals surface area (Å²) >= 11 is 1.24. The second kappa shape index (κ2) is 10.1. The lowest BCUT2D eigenvalue weighted by atomic mass is 9.74. The van der Waals surface area contributed by atoms with Crippen LogP contribution in [0.5, 0.6) is 5.75 Å². The molecule has 0 atom stereocenters. The number of hydrogen-bond donors (Lipinski definition) is 1. The number of hydrogen-bond acceptors (Lipinski definition) is 6. The minimum Gasteiger partial charge on any atom is -0.486 e. The molecular formula is C27H37NO5S2. The van der Waals surface area contributed by atoms with Crippen LogP contribution in [0, 0.1) is 25.2 Å². The molecule has 0 spiro atoms. The molecule has 0 bridgehead atoms. The van der Waals surface area contributed by atoms with E-state index in [1.54, 1.807) is 6.92 Å². The first-order valence-corrected chi connectivity index (χ1v) is 14.5. The number of thiophene rings is 1. The Labute approximate surface area is 213 Å². The van der Waals surface area contributed by atoms with Crippen molar-refractivity contribution in [3.63, 3.8) is 0 Å². The highest BCUT2D eigenvalue weighted by molar-refractivity contribution is 7.92. The highest BCUT2D eigenvalue weighted by atomic mass is 32.2. The molecule has 1 N–H and O–H groups in total. The van der Waals surface area contributed by atoms with Crippen LogP contribution in [0.2, 0.25) is 0 Å². The maximum absolute atomic E-state index is 13.0. The molecule has 1 aromatic carbocycles. The third kappa shape index (κ3) is 5.80. The van der Waals surface area contributed by atoms with Gasteiger partial charge in [-0.05, 0) is 68.4 Å². The van der Waals surface area contributed by atoms with E-state index in [0.29, 0.717) is 11.3 Å². The van der Waals surface area contributed by atoms with E-state index in [0.717, 1.165) is 41.7 Å². The van der Waals surface area contributed by atoms with Crippen molar-refractivity contribution in [2.24, 2.45) is 11.3 Å². The third-order valence-corrected chi connectivity index (χ3v) is 10.3. The fourth-order valence-electron chi connectivity index (χ4n) is 4.19. The number of Topliss-reactive ketones (excluding diaryl/α,β-unsaturated/α-hetero) is 1. The molecule has 1 aliphatic rings. The van der Waals surface area contributed by atoms with Gasteiger partial charge in [0.25, 0.3) is 10.0 Å². The van der Waals surface area contributed by atoms with E-state index in [9.17, 15) is 18.0 Å². The molecule has 1 saturated carbocycles. The van der Waals surface area contributed by atoms with E-state index in [2.05, 4.69) is 24.6 Å². The van der Waals surface area contributed by atoms with Crippen LogP contribution in [0.1, 0.15) is 81.9 Å². The zero-order valence-electron chi connectivity index (χ0n) is 21.8. The number of nitrogens with one attached hydrogen (secondary N) is 1. The van der Waals surface area contributed by atoms with Gasteiger partial charge in [0.15, 0.2) is 5.78 Å². The predicted octanol–water partition coefficient (Wildman–Crippen LogP) is 5.68. The minimum atomic E-state index is -3.91. The summed E-state index contributed by atoms with van der Waals surface area (Å²) in [5.74, 6) is 0.111. The van der Waals surface area contributed by atoms with E-state index >= 15 is 0 Å². The molecule has 0 saturated heterocycles. The number of benzene rings is 1. The van der Waals surface area contributed by atoms with Gasteiger partial charge in [0, 0.05) is 21.6 Å². The summed E-state index contributed by atoms with van der Waals surface area (Å²) in [5.41, 5.74) is 1.80. The van der Waals surface area contributed by atoms with Gasteiger partial charge in [0.05, 0.1) is 0 Å². The molecule has 1 fully saturated rings. The molecule has 6 nitrogen and oxygen atoms in total. The number of carbonyl (C=O) groups is 2. The lowest BCUT2D eigenvalue weighted by molar-refractivity contribution is -0.128. The minimum absolute atomic E-state index is 0.0221. The van der Waals surface area contributed by atoms with E-state index < -0.39 is 21.3 Å². The van der Waals surface area contributed by atoms with Crippen molar-refractivity contribution < 1.29 is 22.7 Å². The molecule has 3 rings (SSSR count).